The number of hydrogen-bond donors (Lipinski definition) is 1. The number of ether oxygens (including phenoxy) is 3. The van der Waals surface area contributed by atoms with E-state index in [1.54, 1.807) is 12.4 Å². The first-order valence-corrected chi connectivity index (χ1v) is 11.0. The fourth-order valence-corrected chi connectivity index (χ4v) is 4.70. The zero-order valence-corrected chi connectivity index (χ0v) is 18.2. The largest absolute Gasteiger partial charge is 0.454 e. The molecule has 3 aromatic heterocycles. The molecule has 0 amide bonds. The van der Waals surface area contributed by atoms with Gasteiger partial charge in [-0.1, -0.05) is 0 Å². The number of hydrogen-bond acceptors (Lipinski definition) is 6. The summed E-state index contributed by atoms with van der Waals surface area (Å²) in [5.74, 6) is 2.52. The third-order valence-electron chi connectivity index (χ3n) is 6.25. The van der Waals surface area contributed by atoms with Crippen LogP contribution >= 0.6 is 0 Å². The predicted molar refractivity (Wildman–Crippen MR) is 121 cm³/mol. The molecule has 4 aromatic rings. The van der Waals surface area contributed by atoms with Crippen molar-refractivity contribution in [3.8, 4) is 28.4 Å². The van der Waals surface area contributed by atoms with E-state index in [9.17, 15) is 0 Å². The summed E-state index contributed by atoms with van der Waals surface area (Å²) in [6.07, 6.45) is 7.95. The number of rotatable bonds is 5. The Kier molecular flexibility index (Phi) is 4.53. The first-order valence-electron chi connectivity index (χ1n) is 11.0. The molecule has 8 nitrogen and oxygen atoms in total. The van der Waals surface area contributed by atoms with Gasteiger partial charge in [-0.2, -0.15) is 0 Å². The number of imidazole rings is 1. The summed E-state index contributed by atoms with van der Waals surface area (Å²) in [6.45, 7) is 6.09. The molecule has 1 N–H and O–H groups in total. The van der Waals surface area contributed by atoms with Crippen molar-refractivity contribution in [2.75, 3.05) is 25.3 Å². The lowest BCUT2D eigenvalue weighted by Gasteiger charge is -2.13. The molecule has 1 saturated heterocycles. The van der Waals surface area contributed by atoms with Crippen LogP contribution in [-0.4, -0.2) is 45.0 Å². The third-order valence-corrected chi connectivity index (χ3v) is 6.25. The van der Waals surface area contributed by atoms with Crippen LogP contribution in [0.3, 0.4) is 0 Å². The number of aromatic nitrogens is 4. The van der Waals surface area contributed by atoms with Gasteiger partial charge in [0.25, 0.3) is 0 Å². The molecule has 6 rings (SSSR count). The van der Waals surface area contributed by atoms with Crippen LogP contribution in [0.4, 0.5) is 5.82 Å². The normalized spacial score (nSPS) is 17.4. The molecule has 164 valence electrons. The van der Waals surface area contributed by atoms with Gasteiger partial charge in [0.2, 0.25) is 6.79 Å². The van der Waals surface area contributed by atoms with Gasteiger partial charge in [-0.15, -0.1) is 0 Å². The number of anilines is 1. The Morgan fingerprint density at radius 1 is 1.16 bits per heavy atom. The van der Waals surface area contributed by atoms with Crippen LogP contribution in [0.25, 0.3) is 22.6 Å². The monoisotopic (exact) mass is 431 g/mol. The molecular weight excluding hydrogens is 406 g/mol. The molecule has 1 unspecified atom stereocenters. The standard InChI is InChI=1S/C24H25N5O3/c1-15-10-19(16(2)29(15)17-5-6-20-21(11-17)32-14-31-20)23-24(26-12-18-4-3-9-30-18)28-8-7-25-13-22(28)27-23/h5-8,10-11,13,18,26H,3-4,9,12,14H2,1-2H3. The lowest BCUT2D eigenvalue weighted by Crippen LogP contribution is -2.19. The minimum atomic E-state index is 0.233. The molecule has 0 aliphatic carbocycles. The maximum absolute atomic E-state index is 5.82. The Morgan fingerprint density at radius 3 is 2.94 bits per heavy atom. The molecule has 8 heteroatoms. The van der Waals surface area contributed by atoms with Gasteiger partial charge in [0.15, 0.2) is 17.1 Å². The van der Waals surface area contributed by atoms with E-state index in [0.29, 0.717) is 0 Å². The van der Waals surface area contributed by atoms with E-state index in [-0.39, 0.29) is 12.9 Å². The molecule has 1 fully saturated rings. The van der Waals surface area contributed by atoms with Gasteiger partial charge in [-0.05, 0) is 44.9 Å². The van der Waals surface area contributed by atoms with Crippen LogP contribution in [0.1, 0.15) is 24.2 Å². The van der Waals surface area contributed by atoms with E-state index < -0.39 is 0 Å². The Balaban J connectivity index is 1.44. The summed E-state index contributed by atoms with van der Waals surface area (Å²) in [5, 5.41) is 3.61. The molecule has 0 radical (unpaired) electrons. The van der Waals surface area contributed by atoms with Gasteiger partial charge >= 0.3 is 0 Å². The molecule has 1 atom stereocenters. The van der Waals surface area contributed by atoms with Crippen molar-refractivity contribution in [1.29, 1.82) is 0 Å². The Bertz CT molecular complexity index is 1300. The summed E-state index contributed by atoms with van der Waals surface area (Å²) in [6, 6.07) is 8.23. The molecule has 1 aromatic carbocycles. The molecule has 2 aliphatic rings. The molecule has 0 saturated carbocycles. The number of nitrogens with one attached hydrogen (secondary N) is 1. The number of nitrogens with zero attached hydrogens (tertiary/aromatic N) is 4. The zero-order chi connectivity index (χ0) is 21.7. The van der Waals surface area contributed by atoms with Crippen LogP contribution < -0.4 is 14.8 Å². The molecule has 32 heavy (non-hydrogen) atoms. The number of benzene rings is 1. The van der Waals surface area contributed by atoms with Crippen molar-refractivity contribution in [2.24, 2.45) is 0 Å². The van der Waals surface area contributed by atoms with Crippen molar-refractivity contribution >= 4 is 11.5 Å². The van der Waals surface area contributed by atoms with Crippen molar-refractivity contribution in [3.05, 3.63) is 54.2 Å². The van der Waals surface area contributed by atoms with Gasteiger partial charge in [0.1, 0.15) is 11.5 Å². The fraction of sp³-hybridized carbons (Fsp3) is 0.333. The quantitative estimate of drug-likeness (QED) is 0.512. The SMILES string of the molecule is Cc1cc(-c2nc3cnccn3c2NCC2CCCO2)c(C)n1-c1ccc2c(c1)OCO2. The lowest BCUT2D eigenvalue weighted by molar-refractivity contribution is 0.120. The summed E-state index contributed by atoms with van der Waals surface area (Å²) < 4.78 is 21.2. The first kappa shape index (κ1) is 19.2. The summed E-state index contributed by atoms with van der Waals surface area (Å²) in [4.78, 5) is 9.19. The van der Waals surface area contributed by atoms with Crippen LogP contribution in [-0.2, 0) is 4.74 Å². The second kappa shape index (κ2) is 7.56. The number of aryl methyl sites for hydroxylation is 1. The lowest BCUT2D eigenvalue weighted by atomic mass is 10.1. The van der Waals surface area contributed by atoms with E-state index in [1.165, 1.54) is 0 Å². The van der Waals surface area contributed by atoms with Crippen molar-refractivity contribution in [1.82, 2.24) is 18.9 Å². The Hall–Kier alpha value is -3.52. The second-order valence-corrected chi connectivity index (χ2v) is 8.29. The predicted octanol–water partition coefficient (Wildman–Crippen LogP) is 4.12. The first-order chi connectivity index (χ1) is 15.7. The van der Waals surface area contributed by atoms with E-state index >= 15 is 0 Å². The van der Waals surface area contributed by atoms with Crippen LogP contribution in [0.2, 0.25) is 0 Å². The van der Waals surface area contributed by atoms with Gasteiger partial charge in [-0.3, -0.25) is 9.38 Å². The van der Waals surface area contributed by atoms with Crippen LogP contribution in [0.5, 0.6) is 11.5 Å². The van der Waals surface area contributed by atoms with Crippen LogP contribution in [0.15, 0.2) is 42.9 Å². The highest BCUT2D eigenvalue weighted by molar-refractivity contribution is 5.79. The maximum atomic E-state index is 5.82. The maximum Gasteiger partial charge on any atom is 0.231 e. The highest BCUT2D eigenvalue weighted by atomic mass is 16.7. The van der Waals surface area contributed by atoms with E-state index in [0.717, 1.165) is 77.3 Å². The topological polar surface area (TPSA) is 74.8 Å². The highest BCUT2D eigenvalue weighted by Crippen LogP contribution is 2.38. The van der Waals surface area contributed by atoms with E-state index in [2.05, 4.69) is 45.2 Å². The minimum absolute atomic E-state index is 0.233. The molecular formula is C24H25N5O3. The van der Waals surface area contributed by atoms with Gasteiger partial charge < -0.3 is 24.1 Å². The van der Waals surface area contributed by atoms with E-state index in [4.69, 9.17) is 19.2 Å². The average Bonchev–Trinajstić information content (AvgIpc) is 3.58. The van der Waals surface area contributed by atoms with Gasteiger partial charge in [-0.25, -0.2) is 4.98 Å². The smallest absolute Gasteiger partial charge is 0.231 e. The van der Waals surface area contributed by atoms with Gasteiger partial charge in [0, 0.05) is 54.3 Å². The molecule has 0 spiro atoms. The molecule has 2 aliphatic heterocycles. The molecule has 0 bridgehead atoms. The van der Waals surface area contributed by atoms with Crippen molar-refractivity contribution in [2.45, 2.75) is 32.8 Å². The Morgan fingerprint density at radius 2 is 2.06 bits per heavy atom. The van der Waals surface area contributed by atoms with E-state index in [1.807, 2.05) is 18.3 Å². The zero-order valence-electron chi connectivity index (χ0n) is 18.2. The summed E-state index contributed by atoms with van der Waals surface area (Å²) >= 11 is 0. The summed E-state index contributed by atoms with van der Waals surface area (Å²) in [5.41, 5.74) is 6.07. The van der Waals surface area contributed by atoms with Crippen LogP contribution in [0, 0.1) is 13.8 Å². The van der Waals surface area contributed by atoms with Crippen molar-refractivity contribution in [3.63, 3.8) is 0 Å². The third kappa shape index (κ3) is 3.10. The molecule has 5 heterocycles. The minimum Gasteiger partial charge on any atom is -0.454 e. The second-order valence-electron chi connectivity index (χ2n) is 8.29. The highest BCUT2D eigenvalue weighted by Gasteiger charge is 2.23. The Labute approximate surface area is 185 Å². The number of fused-ring (bicyclic) bond motifs is 2. The van der Waals surface area contributed by atoms with Crippen molar-refractivity contribution < 1.29 is 14.2 Å². The summed E-state index contributed by atoms with van der Waals surface area (Å²) in [7, 11) is 0. The average molecular weight is 431 g/mol. The fourth-order valence-electron chi connectivity index (χ4n) is 4.70. The van der Waals surface area contributed by atoms with Gasteiger partial charge in [0.05, 0.1) is 12.3 Å².